The standard InChI is InChI=1S/C10H9NO2.C9H10O3/c1-13-9-4-2-8(3-5-9)10(12)6-7-11;1-11-8-5-3-7(4-6-8)9(10)12-2/h2-5H,6H2,1H3;3-6H,1-2H3. The Bertz CT molecular complexity index is 730. The molecule has 0 aliphatic rings. The van der Waals surface area contributed by atoms with Crippen LogP contribution in [0.4, 0.5) is 0 Å². The van der Waals surface area contributed by atoms with Crippen molar-refractivity contribution >= 4 is 11.8 Å². The molecular formula is C19H19NO5. The number of benzene rings is 2. The number of esters is 1. The molecule has 0 aliphatic carbocycles. The zero-order chi connectivity index (χ0) is 18.7. The van der Waals surface area contributed by atoms with Gasteiger partial charge in [0.15, 0.2) is 5.78 Å². The van der Waals surface area contributed by atoms with Crippen molar-refractivity contribution in [3.63, 3.8) is 0 Å². The summed E-state index contributed by atoms with van der Waals surface area (Å²) >= 11 is 0. The number of carbonyl (C=O) groups excluding carboxylic acids is 2. The second-order valence-electron chi connectivity index (χ2n) is 4.71. The lowest BCUT2D eigenvalue weighted by Crippen LogP contribution is -2.00. The number of ether oxygens (including phenoxy) is 3. The number of hydrogen-bond acceptors (Lipinski definition) is 6. The molecule has 0 saturated carbocycles. The van der Waals surface area contributed by atoms with Crippen molar-refractivity contribution in [3.8, 4) is 17.6 Å². The monoisotopic (exact) mass is 341 g/mol. The molecule has 0 N–H and O–H groups in total. The molecule has 2 rings (SSSR count). The normalized spacial score (nSPS) is 9.04. The van der Waals surface area contributed by atoms with Crippen LogP contribution in [0.2, 0.25) is 0 Å². The molecule has 0 spiro atoms. The Morgan fingerprint density at radius 3 is 1.64 bits per heavy atom. The van der Waals surface area contributed by atoms with E-state index in [4.69, 9.17) is 14.7 Å². The fraction of sp³-hybridized carbons (Fsp3) is 0.211. The predicted molar refractivity (Wildman–Crippen MR) is 91.9 cm³/mol. The molecule has 130 valence electrons. The summed E-state index contributed by atoms with van der Waals surface area (Å²) in [5, 5.41) is 8.30. The number of hydrogen-bond donors (Lipinski definition) is 0. The molecule has 0 aliphatic heterocycles. The van der Waals surface area contributed by atoms with Crippen molar-refractivity contribution in [1.82, 2.24) is 0 Å². The maximum atomic E-state index is 11.2. The van der Waals surface area contributed by atoms with E-state index in [0.29, 0.717) is 16.9 Å². The molecule has 0 amide bonds. The van der Waals surface area contributed by atoms with Gasteiger partial charge < -0.3 is 14.2 Å². The van der Waals surface area contributed by atoms with Crippen LogP contribution in [0.5, 0.6) is 11.5 Å². The number of ketones is 1. The van der Waals surface area contributed by atoms with Crippen molar-refractivity contribution in [2.45, 2.75) is 6.42 Å². The van der Waals surface area contributed by atoms with Crippen molar-refractivity contribution in [2.24, 2.45) is 0 Å². The van der Waals surface area contributed by atoms with E-state index in [1.807, 2.05) is 6.07 Å². The number of nitriles is 1. The molecule has 0 atom stereocenters. The van der Waals surface area contributed by atoms with E-state index in [9.17, 15) is 9.59 Å². The maximum absolute atomic E-state index is 11.2. The molecule has 0 fully saturated rings. The van der Waals surface area contributed by atoms with Gasteiger partial charge in [-0.2, -0.15) is 5.26 Å². The van der Waals surface area contributed by atoms with Gasteiger partial charge in [-0.15, -0.1) is 0 Å². The third-order valence-corrected chi connectivity index (χ3v) is 3.16. The SMILES string of the molecule is COC(=O)c1ccc(OC)cc1.COc1ccc(C(=O)CC#N)cc1. The van der Waals surface area contributed by atoms with E-state index in [-0.39, 0.29) is 18.2 Å². The van der Waals surface area contributed by atoms with Crippen LogP contribution in [0.25, 0.3) is 0 Å². The molecule has 0 bridgehead atoms. The Labute approximate surface area is 146 Å². The zero-order valence-corrected chi connectivity index (χ0v) is 14.3. The van der Waals surface area contributed by atoms with Gasteiger partial charge in [-0.05, 0) is 48.5 Å². The van der Waals surface area contributed by atoms with Gasteiger partial charge in [0.25, 0.3) is 0 Å². The summed E-state index contributed by atoms with van der Waals surface area (Å²) in [6.07, 6.45) is -0.0771. The molecular weight excluding hydrogens is 322 g/mol. The number of nitrogens with zero attached hydrogens (tertiary/aromatic N) is 1. The predicted octanol–water partition coefficient (Wildman–Crippen LogP) is 3.27. The first-order chi connectivity index (χ1) is 12.0. The van der Waals surface area contributed by atoms with Gasteiger partial charge >= 0.3 is 5.97 Å². The highest BCUT2D eigenvalue weighted by molar-refractivity contribution is 5.97. The van der Waals surface area contributed by atoms with Crippen LogP contribution in [-0.4, -0.2) is 33.1 Å². The summed E-state index contributed by atoms with van der Waals surface area (Å²) < 4.78 is 14.4. The minimum Gasteiger partial charge on any atom is -0.497 e. The molecule has 0 heterocycles. The molecule has 0 saturated heterocycles. The van der Waals surface area contributed by atoms with Gasteiger partial charge in [0, 0.05) is 5.56 Å². The molecule has 0 aromatic heterocycles. The zero-order valence-electron chi connectivity index (χ0n) is 14.3. The summed E-state index contributed by atoms with van der Waals surface area (Å²) in [4.78, 5) is 22.1. The minimum absolute atomic E-state index is 0.0771. The van der Waals surface area contributed by atoms with E-state index in [0.717, 1.165) is 5.75 Å². The van der Waals surface area contributed by atoms with Crippen LogP contribution in [-0.2, 0) is 4.74 Å². The average molecular weight is 341 g/mol. The van der Waals surface area contributed by atoms with E-state index in [1.54, 1.807) is 62.8 Å². The fourth-order valence-electron chi connectivity index (χ4n) is 1.80. The highest BCUT2D eigenvalue weighted by Gasteiger charge is 2.04. The van der Waals surface area contributed by atoms with E-state index in [2.05, 4.69) is 4.74 Å². The van der Waals surface area contributed by atoms with Gasteiger partial charge in [0.1, 0.15) is 11.5 Å². The maximum Gasteiger partial charge on any atom is 0.337 e. The smallest absolute Gasteiger partial charge is 0.337 e. The Morgan fingerprint density at radius 2 is 1.28 bits per heavy atom. The topological polar surface area (TPSA) is 85.6 Å². The largest absolute Gasteiger partial charge is 0.497 e. The van der Waals surface area contributed by atoms with Crippen molar-refractivity contribution < 1.29 is 23.8 Å². The first-order valence-corrected chi connectivity index (χ1v) is 7.32. The van der Waals surface area contributed by atoms with Crippen LogP contribution in [0.15, 0.2) is 48.5 Å². The second-order valence-corrected chi connectivity index (χ2v) is 4.71. The molecule has 2 aromatic carbocycles. The number of Topliss-reactive ketones (excluding diaryl/α,β-unsaturated/α-hetero) is 1. The molecule has 2 aromatic rings. The number of rotatable bonds is 5. The third kappa shape index (κ3) is 6.36. The quantitative estimate of drug-likeness (QED) is 0.613. The van der Waals surface area contributed by atoms with Crippen molar-refractivity contribution in [2.75, 3.05) is 21.3 Å². The third-order valence-electron chi connectivity index (χ3n) is 3.16. The first-order valence-electron chi connectivity index (χ1n) is 7.32. The molecule has 25 heavy (non-hydrogen) atoms. The highest BCUT2D eigenvalue weighted by atomic mass is 16.5. The second kappa shape index (κ2) is 10.4. The van der Waals surface area contributed by atoms with Gasteiger partial charge in [-0.1, -0.05) is 0 Å². The van der Waals surface area contributed by atoms with Gasteiger partial charge in [0.05, 0.1) is 39.4 Å². The molecule has 6 heteroatoms. The van der Waals surface area contributed by atoms with Crippen LogP contribution in [0.1, 0.15) is 27.1 Å². The highest BCUT2D eigenvalue weighted by Crippen LogP contribution is 2.12. The summed E-state index contributed by atoms with van der Waals surface area (Å²) in [5.41, 5.74) is 1.07. The first kappa shape index (κ1) is 19.7. The molecule has 0 radical (unpaired) electrons. The molecule has 0 unspecified atom stereocenters. The Kier molecular flexibility index (Phi) is 8.24. The lowest BCUT2D eigenvalue weighted by molar-refractivity contribution is 0.0600. The van der Waals surface area contributed by atoms with E-state index < -0.39 is 0 Å². The lowest BCUT2D eigenvalue weighted by Gasteiger charge is -2.00. The van der Waals surface area contributed by atoms with Crippen molar-refractivity contribution in [3.05, 3.63) is 59.7 Å². The summed E-state index contributed by atoms with van der Waals surface area (Å²) in [6.45, 7) is 0. The number of carbonyl (C=O) groups is 2. The summed E-state index contributed by atoms with van der Waals surface area (Å²) in [5.74, 6) is 0.930. The van der Waals surface area contributed by atoms with Crippen LogP contribution in [0, 0.1) is 11.3 Å². The van der Waals surface area contributed by atoms with Crippen LogP contribution >= 0.6 is 0 Å². The van der Waals surface area contributed by atoms with Crippen molar-refractivity contribution in [1.29, 1.82) is 5.26 Å². The minimum atomic E-state index is -0.336. The Balaban J connectivity index is 0.000000251. The Hall–Kier alpha value is -3.33. The van der Waals surface area contributed by atoms with Crippen LogP contribution in [0.3, 0.4) is 0 Å². The van der Waals surface area contributed by atoms with Crippen LogP contribution < -0.4 is 9.47 Å². The summed E-state index contributed by atoms with van der Waals surface area (Å²) in [7, 11) is 4.49. The summed E-state index contributed by atoms with van der Waals surface area (Å²) in [6, 6.07) is 15.3. The number of methoxy groups -OCH3 is 3. The van der Waals surface area contributed by atoms with E-state index in [1.165, 1.54) is 7.11 Å². The lowest BCUT2D eigenvalue weighted by atomic mass is 10.1. The fourth-order valence-corrected chi connectivity index (χ4v) is 1.80. The van der Waals surface area contributed by atoms with Gasteiger partial charge in [-0.25, -0.2) is 4.79 Å². The Morgan fingerprint density at radius 1 is 0.840 bits per heavy atom. The van der Waals surface area contributed by atoms with E-state index >= 15 is 0 Å². The molecule has 6 nitrogen and oxygen atoms in total. The average Bonchev–Trinajstić information content (AvgIpc) is 2.68. The van der Waals surface area contributed by atoms with Gasteiger partial charge in [-0.3, -0.25) is 4.79 Å². The van der Waals surface area contributed by atoms with Gasteiger partial charge in [0.2, 0.25) is 0 Å².